The van der Waals surface area contributed by atoms with Crippen molar-refractivity contribution in [2.45, 2.75) is 55.4 Å². The summed E-state index contributed by atoms with van der Waals surface area (Å²) in [5.74, 6) is 1.25. The van der Waals surface area contributed by atoms with Crippen LogP contribution in [0.15, 0.2) is 206 Å². The molecule has 0 radical (unpaired) electrons. The Morgan fingerprint density at radius 1 is 0.292 bits per heavy atom. The summed E-state index contributed by atoms with van der Waals surface area (Å²) in [6, 6.07) is 73.1. The lowest BCUT2D eigenvalue weighted by atomic mass is 10.0. The lowest BCUT2D eigenvalue weighted by molar-refractivity contribution is 1.01. The number of aryl methyl sites for hydroxylation is 4. The van der Waals surface area contributed by atoms with Gasteiger partial charge in [0.1, 0.15) is 0 Å². The zero-order chi connectivity index (χ0) is 49.9. The second-order valence-electron chi connectivity index (χ2n) is 17.4. The van der Waals surface area contributed by atoms with E-state index in [-0.39, 0.29) is 0 Å². The third-order valence-corrected chi connectivity index (χ3v) is 12.8. The molecule has 0 N–H and O–H groups in total. The predicted octanol–water partition coefficient (Wildman–Crippen LogP) is 17.4. The molecule has 4 heterocycles. The summed E-state index contributed by atoms with van der Waals surface area (Å²) in [6.07, 6.45) is 0. The van der Waals surface area contributed by atoms with Crippen molar-refractivity contribution in [3.05, 3.63) is 229 Å². The molecule has 0 atom stereocenters. The van der Waals surface area contributed by atoms with E-state index in [4.69, 9.17) is 19.9 Å². The monoisotopic (exact) mass is 938 g/mol. The minimum atomic E-state index is 0.623. The predicted molar refractivity (Wildman–Crippen MR) is 303 cm³/mol. The van der Waals surface area contributed by atoms with Gasteiger partial charge in [0.15, 0.2) is 0 Å². The van der Waals surface area contributed by atoms with Crippen LogP contribution in [0.2, 0.25) is 0 Å². The van der Waals surface area contributed by atoms with E-state index in [1.807, 2.05) is 67.5 Å². The highest BCUT2D eigenvalue weighted by atomic mass is 15.3. The second kappa shape index (κ2) is 20.2. The van der Waals surface area contributed by atoms with Crippen LogP contribution < -0.4 is 9.80 Å². The van der Waals surface area contributed by atoms with E-state index in [0.29, 0.717) is 11.9 Å². The Morgan fingerprint density at radius 2 is 0.597 bits per heavy atom. The molecule has 354 valence electrons. The summed E-state index contributed by atoms with van der Waals surface area (Å²) in [6.45, 7) is 16.1. The summed E-state index contributed by atoms with van der Waals surface area (Å²) in [5, 5.41) is 4.79. The van der Waals surface area contributed by atoms with Crippen LogP contribution >= 0.6 is 0 Å². The second-order valence-corrected chi connectivity index (χ2v) is 17.4. The Hall–Kier alpha value is -8.88. The first-order valence-electron chi connectivity index (χ1n) is 25.0. The quantitative estimate of drug-likeness (QED) is 0.144. The van der Waals surface area contributed by atoms with Crippen molar-refractivity contribution in [1.29, 1.82) is 0 Å². The van der Waals surface area contributed by atoms with Gasteiger partial charge in [-0.25, -0.2) is 19.9 Å². The van der Waals surface area contributed by atoms with E-state index < -0.39 is 0 Å². The van der Waals surface area contributed by atoms with Crippen LogP contribution in [0.4, 0.5) is 34.6 Å². The smallest absolute Gasteiger partial charge is 0.235 e. The van der Waals surface area contributed by atoms with Gasteiger partial charge in [-0.2, -0.15) is 0 Å². The molecule has 0 saturated carbocycles. The van der Waals surface area contributed by atoms with Crippen LogP contribution in [0, 0.1) is 27.7 Å². The molecular weight excluding hydrogens is 881 g/mol. The van der Waals surface area contributed by atoms with Gasteiger partial charge >= 0.3 is 0 Å². The molecule has 0 fully saturated rings. The fourth-order valence-electron chi connectivity index (χ4n) is 9.89. The number of rotatable bonds is 9. The van der Waals surface area contributed by atoms with Crippen molar-refractivity contribution in [3.8, 4) is 22.5 Å². The number of nitrogens with zero attached hydrogens (tertiary/aromatic N) is 8. The highest BCUT2D eigenvalue weighted by molar-refractivity contribution is 6.11. The van der Waals surface area contributed by atoms with Crippen molar-refractivity contribution < 1.29 is 0 Å². The topological polar surface area (TPSA) is 67.9 Å². The average Bonchev–Trinajstić information content (AvgIpc) is 3.93. The first-order valence-corrected chi connectivity index (χ1v) is 25.0. The van der Waals surface area contributed by atoms with Crippen LogP contribution in [0.5, 0.6) is 0 Å². The van der Waals surface area contributed by atoms with E-state index in [1.54, 1.807) is 0 Å². The Bertz CT molecular complexity index is 3540. The van der Waals surface area contributed by atoms with E-state index >= 15 is 0 Å². The Morgan fingerprint density at radius 3 is 0.958 bits per heavy atom. The number of hydrogen-bond donors (Lipinski definition) is 0. The molecular formula is C64H58N8. The van der Waals surface area contributed by atoms with Crippen LogP contribution in [0.25, 0.3) is 66.1 Å². The first-order chi connectivity index (χ1) is 35.3. The van der Waals surface area contributed by atoms with E-state index in [2.05, 4.69) is 213 Å². The zero-order valence-corrected chi connectivity index (χ0v) is 42.2. The fourth-order valence-corrected chi connectivity index (χ4v) is 9.89. The fraction of sp³-hybridized carbons (Fsp3) is 0.125. The summed E-state index contributed by atoms with van der Waals surface area (Å²) in [5.41, 5.74) is 16.4. The standard InChI is InChI=1S/C60H46N8.2C2H6/c1-39-35-40(2)62-59(61-39)65(49-31-33-53-51-19-11-13-21-55(51)67(57(53)37-49)45-15-7-5-8-16-45)47-27-23-43(24-28-47)44-25-29-48(30-26-44)66(60-63-41(3)36-42(4)64-60)50-32-34-54-52-20-12-14-22-56(52)68(58(54)38-50)46-17-9-6-10-18-46;2*1-2/h5-38H,1-4H3;2*1-2H3. The normalized spacial score (nSPS) is 11.1. The molecule has 0 aliphatic heterocycles. The highest BCUT2D eigenvalue weighted by Gasteiger charge is 2.22. The maximum atomic E-state index is 5.00. The average molecular weight is 939 g/mol. The van der Waals surface area contributed by atoms with Gasteiger partial charge < -0.3 is 9.13 Å². The van der Waals surface area contributed by atoms with Gasteiger partial charge in [-0.1, -0.05) is 137 Å². The van der Waals surface area contributed by atoms with E-state index in [0.717, 1.165) is 90.1 Å². The molecule has 0 unspecified atom stereocenters. The number of benzene rings is 8. The number of fused-ring (bicyclic) bond motifs is 6. The SMILES string of the molecule is CC.CC.Cc1cc(C)nc(N(c2ccc(-c3ccc(N(c4ccc5c6ccccc6n(-c6ccccc6)c5c4)c4nc(C)cc(C)n4)cc3)cc2)c2ccc3c4ccccc4n(-c4ccccc4)c3c2)n1. The van der Waals surface area contributed by atoms with Crippen LogP contribution in [-0.2, 0) is 0 Å². The maximum Gasteiger partial charge on any atom is 0.235 e. The van der Waals surface area contributed by atoms with Crippen molar-refractivity contribution in [3.63, 3.8) is 0 Å². The van der Waals surface area contributed by atoms with Gasteiger partial charge in [-0.05, 0) is 136 Å². The lowest BCUT2D eigenvalue weighted by Gasteiger charge is -2.25. The van der Waals surface area contributed by atoms with Crippen molar-refractivity contribution in [1.82, 2.24) is 29.1 Å². The third-order valence-electron chi connectivity index (χ3n) is 12.8. The third kappa shape index (κ3) is 8.73. The van der Waals surface area contributed by atoms with Crippen LogP contribution in [0.3, 0.4) is 0 Å². The van der Waals surface area contributed by atoms with Crippen LogP contribution in [-0.4, -0.2) is 29.1 Å². The van der Waals surface area contributed by atoms with Crippen molar-refractivity contribution in [2.75, 3.05) is 9.80 Å². The Kier molecular flexibility index (Phi) is 13.2. The molecule has 12 aromatic rings. The van der Waals surface area contributed by atoms with E-state index in [1.165, 1.54) is 21.5 Å². The summed E-state index contributed by atoms with van der Waals surface area (Å²) < 4.78 is 4.69. The number of para-hydroxylation sites is 4. The van der Waals surface area contributed by atoms with Crippen molar-refractivity contribution >= 4 is 78.3 Å². The van der Waals surface area contributed by atoms with Gasteiger partial charge in [0.25, 0.3) is 0 Å². The molecule has 8 nitrogen and oxygen atoms in total. The van der Waals surface area contributed by atoms with Gasteiger partial charge in [0.05, 0.1) is 33.4 Å². The molecule has 8 aromatic carbocycles. The molecule has 0 aliphatic rings. The first kappa shape index (κ1) is 46.8. The largest absolute Gasteiger partial charge is 0.309 e. The zero-order valence-electron chi connectivity index (χ0n) is 42.2. The summed E-state index contributed by atoms with van der Waals surface area (Å²) in [4.78, 5) is 24.3. The molecule has 0 amide bonds. The Balaban J connectivity index is 0.00000146. The number of aromatic nitrogens is 6. The number of anilines is 6. The van der Waals surface area contributed by atoms with Gasteiger partial charge in [0, 0.05) is 67.1 Å². The van der Waals surface area contributed by atoms with Gasteiger partial charge in [-0.15, -0.1) is 0 Å². The highest BCUT2D eigenvalue weighted by Crippen LogP contribution is 2.42. The minimum Gasteiger partial charge on any atom is -0.309 e. The molecule has 0 spiro atoms. The Labute approximate surface area is 422 Å². The van der Waals surface area contributed by atoms with Gasteiger partial charge in [-0.3, -0.25) is 9.80 Å². The van der Waals surface area contributed by atoms with Crippen molar-refractivity contribution in [2.24, 2.45) is 0 Å². The summed E-state index contributed by atoms with van der Waals surface area (Å²) >= 11 is 0. The minimum absolute atomic E-state index is 0.623. The molecule has 0 aliphatic carbocycles. The molecule has 12 rings (SSSR count). The lowest BCUT2D eigenvalue weighted by Crippen LogP contribution is -2.14. The van der Waals surface area contributed by atoms with Crippen LogP contribution in [0.1, 0.15) is 50.5 Å². The molecule has 4 aromatic heterocycles. The van der Waals surface area contributed by atoms with E-state index in [9.17, 15) is 0 Å². The number of hydrogen-bond acceptors (Lipinski definition) is 6. The molecule has 72 heavy (non-hydrogen) atoms. The molecule has 8 heteroatoms. The van der Waals surface area contributed by atoms with Gasteiger partial charge in [0.2, 0.25) is 11.9 Å². The summed E-state index contributed by atoms with van der Waals surface area (Å²) in [7, 11) is 0. The molecule has 0 saturated heterocycles. The maximum absolute atomic E-state index is 5.00. The molecule has 0 bridgehead atoms.